The van der Waals surface area contributed by atoms with Gasteiger partial charge in [-0.25, -0.2) is 4.79 Å². The Balaban J connectivity index is 1.27. The molecule has 0 aromatic heterocycles. The molecule has 34 heavy (non-hydrogen) atoms. The van der Waals surface area contributed by atoms with E-state index < -0.39 is 23.6 Å². The Morgan fingerprint density at radius 1 is 1.06 bits per heavy atom. The number of carboxylic acids is 1. The quantitative estimate of drug-likeness (QED) is 0.553. The van der Waals surface area contributed by atoms with E-state index >= 15 is 0 Å². The molecule has 2 amide bonds. The van der Waals surface area contributed by atoms with Crippen LogP contribution in [-0.4, -0.2) is 64.4 Å². The van der Waals surface area contributed by atoms with Crippen LogP contribution in [0.15, 0.2) is 48.5 Å². The zero-order valence-electron chi connectivity index (χ0n) is 18.8. The van der Waals surface area contributed by atoms with Crippen LogP contribution in [0.5, 0.6) is 0 Å². The molecule has 2 aliphatic heterocycles. The Kier molecular flexibility index (Phi) is 5.77. The maximum absolute atomic E-state index is 13.2. The third-order valence-corrected chi connectivity index (χ3v) is 7.49. The fraction of sp³-hybridized carbons (Fsp3) is 0.423. The minimum atomic E-state index is -1.05. The van der Waals surface area contributed by atoms with Gasteiger partial charge in [-0.05, 0) is 47.4 Å². The molecule has 1 saturated carbocycles. The number of benzene rings is 2. The minimum Gasteiger partial charge on any atom is -0.481 e. The number of carbonyl (C=O) groups excluding carboxylic acids is 2. The third kappa shape index (κ3) is 3.81. The highest BCUT2D eigenvalue weighted by atomic mass is 16.5. The van der Waals surface area contributed by atoms with Crippen molar-refractivity contribution in [3.63, 3.8) is 0 Å². The van der Waals surface area contributed by atoms with Crippen LogP contribution in [0.25, 0.3) is 11.1 Å². The third-order valence-electron chi connectivity index (χ3n) is 7.49. The molecule has 4 aliphatic rings. The van der Waals surface area contributed by atoms with Crippen LogP contribution in [0.1, 0.15) is 42.7 Å². The average molecular weight is 465 g/mol. The van der Waals surface area contributed by atoms with E-state index in [-0.39, 0.29) is 37.9 Å². The number of nitrogens with one attached hydrogen (secondary N) is 1. The summed E-state index contributed by atoms with van der Waals surface area (Å²) in [5.41, 5.74) is 3.81. The van der Waals surface area contributed by atoms with Crippen molar-refractivity contribution in [1.29, 1.82) is 0 Å². The van der Waals surface area contributed by atoms with E-state index in [1.165, 1.54) is 0 Å². The minimum absolute atomic E-state index is 0.0406. The number of carbonyl (C=O) groups is 3. The molecule has 1 unspecified atom stereocenters. The van der Waals surface area contributed by atoms with Gasteiger partial charge >= 0.3 is 12.1 Å². The van der Waals surface area contributed by atoms with Gasteiger partial charge in [0.15, 0.2) is 0 Å². The summed E-state index contributed by atoms with van der Waals surface area (Å²) in [6.45, 7) is 0.493. The summed E-state index contributed by atoms with van der Waals surface area (Å²) in [5.74, 6) is -1.17. The highest BCUT2D eigenvalue weighted by Gasteiger charge is 2.58. The second-order valence-corrected chi connectivity index (χ2v) is 9.56. The number of ether oxygens (including phenoxy) is 1. The van der Waals surface area contributed by atoms with Gasteiger partial charge in [0, 0.05) is 18.9 Å². The Labute approximate surface area is 197 Å². The van der Waals surface area contributed by atoms with E-state index in [0.29, 0.717) is 12.5 Å². The van der Waals surface area contributed by atoms with E-state index in [1.807, 2.05) is 48.5 Å². The number of nitrogens with zero attached hydrogens (tertiary/aromatic N) is 1. The lowest BCUT2D eigenvalue weighted by Crippen LogP contribution is -2.56. The van der Waals surface area contributed by atoms with Crippen LogP contribution < -0.4 is 5.32 Å². The van der Waals surface area contributed by atoms with E-state index in [9.17, 15) is 19.5 Å². The van der Waals surface area contributed by atoms with Crippen LogP contribution in [0, 0.1) is 5.92 Å². The number of hydrogen-bond donors (Lipinski definition) is 3. The van der Waals surface area contributed by atoms with Gasteiger partial charge in [0.05, 0.1) is 12.1 Å². The van der Waals surface area contributed by atoms with Crippen LogP contribution in [0.2, 0.25) is 0 Å². The summed E-state index contributed by atoms with van der Waals surface area (Å²) in [6, 6.07) is 15.0. The lowest BCUT2D eigenvalue weighted by atomic mass is 9.74. The number of aliphatic hydroxyl groups excluding tert-OH is 1. The Morgan fingerprint density at radius 3 is 2.26 bits per heavy atom. The van der Waals surface area contributed by atoms with Crippen molar-refractivity contribution >= 4 is 18.0 Å². The second kappa shape index (κ2) is 8.76. The number of amides is 2. The highest BCUT2D eigenvalue weighted by molar-refractivity contribution is 5.87. The monoisotopic (exact) mass is 464 g/mol. The lowest BCUT2D eigenvalue weighted by molar-refractivity contribution is -0.140. The number of aliphatic hydroxyl groups is 1. The first-order valence-electron chi connectivity index (χ1n) is 11.7. The summed E-state index contributed by atoms with van der Waals surface area (Å²) in [7, 11) is 0. The topological polar surface area (TPSA) is 116 Å². The van der Waals surface area contributed by atoms with Gasteiger partial charge in [-0.15, -0.1) is 0 Å². The molecular weight excluding hydrogens is 436 g/mol. The fourth-order valence-electron chi connectivity index (χ4n) is 5.85. The van der Waals surface area contributed by atoms with Crippen molar-refractivity contribution in [1.82, 2.24) is 10.2 Å². The van der Waals surface area contributed by atoms with Gasteiger partial charge in [0.1, 0.15) is 12.6 Å². The predicted molar refractivity (Wildman–Crippen MR) is 123 cm³/mol. The first-order chi connectivity index (χ1) is 16.4. The fourth-order valence-corrected chi connectivity index (χ4v) is 5.85. The molecule has 0 spiro atoms. The number of fused-ring (bicyclic) bond motifs is 4. The Morgan fingerprint density at radius 2 is 1.68 bits per heavy atom. The number of carboxylic acid groups (broad SMARTS) is 1. The van der Waals surface area contributed by atoms with Crippen molar-refractivity contribution in [3.05, 3.63) is 59.7 Å². The number of alkyl carbamates (subject to hydrolysis) is 1. The molecule has 3 fully saturated rings. The Hall–Kier alpha value is -3.39. The molecule has 2 aromatic rings. The predicted octanol–water partition coefficient (Wildman–Crippen LogP) is 2.74. The van der Waals surface area contributed by atoms with Crippen molar-refractivity contribution in [3.8, 4) is 11.1 Å². The summed E-state index contributed by atoms with van der Waals surface area (Å²) >= 11 is 0. The highest BCUT2D eigenvalue weighted by Crippen LogP contribution is 2.50. The van der Waals surface area contributed by atoms with E-state index in [1.54, 1.807) is 4.90 Å². The zero-order chi connectivity index (χ0) is 23.9. The van der Waals surface area contributed by atoms with Gasteiger partial charge < -0.3 is 25.2 Å². The van der Waals surface area contributed by atoms with Gasteiger partial charge in [-0.3, -0.25) is 9.59 Å². The molecular formula is C26H28N2O6. The summed E-state index contributed by atoms with van der Waals surface area (Å²) in [4.78, 5) is 38.7. The second-order valence-electron chi connectivity index (χ2n) is 9.56. The molecule has 2 bridgehead atoms. The largest absolute Gasteiger partial charge is 0.481 e. The van der Waals surface area contributed by atoms with E-state index in [2.05, 4.69) is 5.32 Å². The Bertz CT molecular complexity index is 1080. The molecule has 8 heteroatoms. The smallest absolute Gasteiger partial charge is 0.407 e. The molecule has 2 aliphatic carbocycles. The van der Waals surface area contributed by atoms with Gasteiger partial charge in [0.25, 0.3) is 0 Å². The number of hydrogen-bond acceptors (Lipinski definition) is 5. The molecule has 8 nitrogen and oxygen atoms in total. The molecule has 178 valence electrons. The maximum Gasteiger partial charge on any atom is 0.407 e. The summed E-state index contributed by atoms with van der Waals surface area (Å²) in [6.07, 6.45) is 0.428. The first kappa shape index (κ1) is 22.4. The maximum atomic E-state index is 13.2. The number of rotatable bonds is 8. The van der Waals surface area contributed by atoms with Crippen molar-refractivity contribution < 1.29 is 29.3 Å². The molecule has 1 atom stereocenters. The molecule has 2 saturated heterocycles. The van der Waals surface area contributed by atoms with E-state index in [0.717, 1.165) is 35.1 Å². The standard InChI is InChI=1S/C26H28N2O6/c29-15-26-11-16(12-26)13-28(26)24(32)22(9-10-23(30)31)27-25(33)34-14-21-19-7-3-1-5-17(19)18-6-2-4-8-20(18)21/h1-8,16,21-22,29H,9-15H2,(H,27,33)(H,30,31). The summed E-state index contributed by atoms with van der Waals surface area (Å²) in [5, 5.41) is 21.6. The molecule has 2 heterocycles. The van der Waals surface area contributed by atoms with Crippen molar-refractivity contribution in [2.24, 2.45) is 5.92 Å². The number of aliphatic carboxylic acids is 1. The van der Waals surface area contributed by atoms with Crippen LogP contribution in [0.4, 0.5) is 4.79 Å². The zero-order valence-corrected chi connectivity index (χ0v) is 18.8. The van der Waals surface area contributed by atoms with Gasteiger partial charge in [-0.2, -0.15) is 0 Å². The normalized spacial score (nSPS) is 23.0. The van der Waals surface area contributed by atoms with Crippen LogP contribution in [-0.2, 0) is 14.3 Å². The average Bonchev–Trinajstić information content (AvgIpc) is 3.47. The van der Waals surface area contributed by atoms with Crippen LogP contribution in [0.3, 0.4) is 0 Å². The SMILES string of the molecule is O=C(O)CCC(NC(=O)OCC1c2ccccc2-c2ccccc21)C(=O)N1CC2CC1(CO)C2. The molecule has 6 rings (SSSR count). The van der Waals surface area contributed by atoms with Crippen molar-refractivity contribution in [2.75, 3.05) is 19.8 Å². The van der Waals surface area contributed by atoms with E-state index in [4.69, 9.17) is 9.84 Å². The van der Waals surface area contributed by atoms with Gasteiger partial charge in [-0.1, -0.05) is 48.5 Å². The summed E-state index contributed by atoms with van der Waals surface area (Å²) < 4.78 is 5.56. The molecule has 0 radical (unpaired) electrons. The van der Waals surface area contributed by atoms with Crippen LogP contribution >= 0.6 is 0 Å². The van der Waals surface area contributed by atoms with Crippen molar-refractivity contribution in [2.45, 2.75) is 43.2 Å². The first-order valence-corrected chi connectivity index (χ1v) is 11.7. The van der Waals surface area contributed by atoms with Gasteiger partial charge in [0.2, 0.25) is 5.91 Å². The lowest BCUT2D eigenvalue weighted by Gasteiger charge is -2.41. The molecule has 2 aromatic carbocycles. The molecule has 3 N–H and O–H groups in total.